The van der Waals surface area contributed by atoms with Crippen LogP contribution in [0.25, 0.3) is 80.7 Å². The fraction of sp³-hybridized carbons (Fsp3) is 0.0784. The van der Waals surface area contributed by atoms with Crippen LogP contribution < -0.4 is 10.6 Å². The molecule has 3 aromatic heterocycles. The number of amidine groups is 1. The molecule has 2 N–H and O–H groups in total. The first-order valence-electron chi connectivity index (χ1n) is 19.7. The standard InChI is InChI=1S/C51H36N4OS/c1-3-14-31(15-4-1)49-52-50(32-16-5-2-6-17-32)54-51(53-49)33-28-29-36-38-21-11-22-39(48(38)57-45(36)30-33)37-20-13-27-44-46(37)40-23-12-26-43(47(40)56-44)55-41-24-9-7-18-34(41)35-19-8-10-25-42(35)55/h1-5,7-16,18-30,50-51,54H,6,17H2,(H,52,53). The second kappa shape index (κ2) is 12.9. The van der Waals surface area contributed by atoms with Crippen LogP contribution in [0, 0.1) is 0 Å². The van der Waals surface area contributed by atoms with E-state index in [1.165, 1.54) is 58.7 Å². The third kappa shape index (κ3) is 5.15. The molecule has 0 spiro atoms. The van der Waals surface area contributed by atoms with Crippen molar-refractivity contribution in [3.63, 3.8) is 0 Å². The quantitative estimate of drug-likeness (QED) is 0.184. The number of fused-ring (bicyclic) bond motifs is 9. The van der Waals surface area contributed by atoms with Gasteiger partial charge in [0.05, 0.1) is 16.7 Å². The molecule has 6 heteroatoms. The van der Waals surface area contributed by atoms with Crippen LogP contribution in [0.5, 0.6) is 0 Å². The van der Waals surface area contributed by atoms with Crippen molar-refractivity contribution in [2.24, 2.45) is 4.99 Å². The van der Waals surface area contributed by atoms with Crippen molar-refractivity contribution in [1.82, 2.24) is 15.2 Å². The molecule has 10 aromatic rings. The van der Waals surface area contributed by atoms with Gasteiger partial charge in [0.2, 0.25) is 0 Å². The average Bonchev–Trinajstić information content (AvgIpc) is 3.96. The third-order valence-electron chi connectivity index (χ3n) is 11.8. The maximum absolute atomic E-state index is 6.86. The zero-order valence-electron chi connectivity index (χ0n) is 30.9. The minimum absolute atomic E-state index is 0.00175. The molecule has 12 rings (SSSR count). The third-order valence-corrected chi connectivity index (χ3v) is 13.0. The smallest absolute Gasteiger partial charge is 0.159 e. The fourth-order valence-electron chi connectivity index (χ4n) is 9.14. The van der Waals surface area contributed by atoms with Crippen LogP contribution in [0.15, 0.2) is 185 Å². The summed E-state index contributed by atoms with van der Waals surface area (Å²) in [5.41, 5.74) is 11.2. The predicted molar refractivity (Wildman–Crippen MR) is 239 cm³/mol. The van der Waals surface area contributed by atoms with Crippen LogP contribution in [0.3, 0.4) is 0 Å². The van der Waals surface area contributed by atoms with Crippen LogP contribution in [-0.4, -0.2) is 16.6 Å². The fourth-order valence-corrected chi connectivity index (χ4v) is 10.4. The van der Waals surface area contributed by atoms with Gasteiger partial charge in [0.15, 0.2) is 5.58 Å². The van der Waals surface area contributed by atoms with Gasteiger partial charge in [0.25, 0.3) is 0 Å². The number of nitrogens with zero attached hydrogens (tertiary/aromatic N) is 2. The molecule has 0 radical (unpaired) electrons. The number of rotatable bonds is 5. The molecular weight excluding hydrogens is 717 g/mol. The molecule has 2 atom stereocenters. The Kier molecular flexibility index (Phi) is 7.37. The lowest BCUT2D eigenvalue weighted by Crippen LogP contribution is -2.52. The van der Waals surface area contributed by atoms with Crippen molar-refractivity contribution in [3.8, 4) is 16.8 Å². The van der Waals surface area contributed by atoms with E-state index in [1.807, 2.05) is 11.3 Å². The molecule has 2 aliphatic rings. The Balaban J connectivity index is 0.998. The SMILES string of the molecule is C1=CCCC(C2NC(c3ccccc3)=NC(c3ccc4c(c3)sc3c(-c5cccc6oc7c(-n8c9ccccc9c9ccccc98)cccc7c56)cccc34)N2)=C1. The van der Waals surface area contributed by atoms with Gasteiger partial charge in [-0.3, -0.25) is 5.32 Å². The summed E-state index contributed by atoms with van der Waals surface area (Å²) in [5.74, 6) is 0.917. The highest BCUT2D eigenvalue weighted by Gasteiger charge is 2.27. The molecule has 0 fully saturated rings. The summed E-state index contributed by atoms with van der Waals surface area (Å²) in [5, 5.41) is 14.8. The molecule has 0 saturated carbocycles. The van der Waals surface area contributed by atoms with E-state index in [-0.39, 0.29) is 12.3 Å². The topological polar surface area (TPSA) is 54.5 Å². The lowest BCUT2D eigenvalue weighted by atomic mass is 9.97. The number of thiophene rings is 1. The number of nitrogens with one attached hydrogen (secondary N) is 2. The summed E-state index contributed by atoms with van der Waals surface area (Å²) >= 11 is 1.86. The Bertz CT molecular complexity index is 3270. The average molecular weight is 753 g/mol. The van der Waals surface area contributed by atoms with Crippen LogP contribution >= 0.6 is 11.3 Å². The normalized spacial score (nSPS) is 17.2. The molecule has 1 aliphatic heterocycles. The number of hydrogen-bond acceptors (Lipinski definition) is 5. The molecule has 0 amide bonds. The lowest BCUT2D eigenvalue weighted by Gasteiger charge is -2.34. The van der Waals surface area contributed by atoms with Crippen LogP contribution in [0.4, 0.5) is 0 Å². The Labute approximate surface area is 332 Å². The maximum Gasteiger partial charge on any atom is 0.159 e. The van der Waals surface area contributed by atoms with E-state index in [4.69, 9.17) is 9.41 Å². The van der Waals surface area contributed by atoms with Crippen LogP contribution in [-0.2, 0) is 0 Å². The van der Waals surface area contributed by atoms with Crippen LogP contribution in [0.1, 0.15) is 30.1 Å². The van der Waals surface area contributed by atoms with Crippen molar-refractivity contribution >= 4 is 81.1 Å². The van der Waals surface area contributed by atoms with Gasteiger partial charge >= 0.3 is 0 Å². The summed E-state index contributed by atoms with van der Waals surface area (Å²) < 4.78 is 11.7. The summed E-state index contributed by atoms with van der Waals surface area (Å²) in [6.07, 6.45) is 8.53. The van der Waals surface area contributed by atoms with Gasteiger partial charge in [-0.25, -0.2) is 4.99 Å². The van der Waals surface area contributed by atoms with E-state index < -0.39 is 0 Å². The van der Waals surface area contributed by atoms with Gasteiger partial charge in [-0.05, 0) is 59.9 Å². The summed E-state index contributed by atoms with van der Waals surface area (Å²) in [7, 11) is 0. The van der Waals surface area contributed by atoms with Crippen molar-refractivity contribution < 1.29 is 4.42 Å². The van der Waals surface area contributed by atoms with E-state index >= 15 is 0 Å². The zero-order chi connectivity index (χ0) is 37.5. The molecule has 1 aliphatic carbocycles. The summed E-state index contributed by atoms with van der Waals surface area (Å²) in [6.45, 7) is 0. The van der Waals surface area contributed by atoms with E-state index in [2.05, 4.69) is 185 Å². The first-order chi connectivity index (χ1) is 28.3. The highest BCUT2D eigenvalue weighted by Crippen LogP contribution is 2.46. The van der Waals surface area contributed by atoms with E-state index in [9.17, 15) is 0 Å². The number of aliphatic imine (C=N–C) groups is 1. The number of para-hydroxylation sites is 3. The van der Waals surface area contributed by atoms with Crippen molar-refractivity contribution in [3.05, 3.63) is 187 Å². The lowest BCUT2D eigenvalue weighted by molar-refractivity contribution is 0.429. The number of allylic oxidation sites excluding steroid dienone is 3. The molecule has 4 heterocycles. The van der Waals surface area contributed by atoms with Gasteiger partial charge in [-0.15, -0.1) is 11.3 Å². The highest BCUT2D eigenvalue weighted by atomic mass is 32.1. The zero-order valence-corrected chi connectivity index (χ0v) is 31.8. The Morgan fingerprint density at radius 3 is 2.23 bits per heavy atom. The minimum Gasteiger partial charge on any atom is -0.454 e. The van der Waals surface area contributed by atoms with E-state index in [0.29, 0.717) is 0 Å². The van der Waals surface area contributed by atoms with Crippen molar-refractivity contribution in [1.29, 1.82) is 0 Å². The molecule has 7 aromatic carbocycles. The highest BCUT2D eigenvalue weighted by molar-refractivity contribution is 7.26. The largest absolute Gasteiger partial charge is 0.454 e. The van der Waals surface area contributed by atoms with E-state index in [0.717, 1.165) is 57.4 Å². The Hall–Kier alpha value is -6.73. The summed E-state index contributed by atoms with van der Waals surface area (Å²) in [6, 6.07) is 54.4. The molecule has 5 nitrogen and oxygen atoms in total. The molecule has 2 unspecified atom stereocenters. The predicted octanol–water partition coefficient (Wildman–Crippen LogP) is 13.0. The Morgan fingerprint density at radius 2 is 1.40 bits per heavy atom. The van der Waals surface area contributed by atoms with E-state index in [1.54, 1.807) is 0 Å². The number of furan rings is 1. The van der Waals surface area contributed by atoms with Gasteiger partial charge in [-0.2, -0.15) is 0 Å². The molecule has 0 saturated heterocycles. The van der Waals surface area contributed by atoms with Crippen molar-refractivity contribution in [2.75, 3.05) is 0 Å². The number of aromatic nitrogens is 1. The Morgan fingerprint density at radius 1 is 0.667 bits per heavy atom. The monoisotopic (exact) mass is 752 g/mol. The van der Waals surface area contributed by atoms with Crippen molar-refractivity contribution in [2.45, 2.75) is 25.2 Å². The van der Waals surface area contributed by atoms with Gasteiger partial charge in [0.1, 0.15) is 23.8 Å². The number of benzene rings is 7. The first-order valence-corrected chi connectivity index (χ1v) is 20.5. The molecule has 272 valence electrons. The first kappa shape index (κ1) is 32.5. The van der Waals surface area contributed by atoms with Gasteiger partial charge < -0.3 is 14.3 Å². The minimum atomic E-state index is -0.192. The number of hydrogen-bond donors (Lipinski definition) is 2. The second-order valence-electron chi connectivity index (χ2n) is 15.0. The summed E-state index contributed by atoms with van der Waals surface area (Å²) in [4.78, 5) is 5.25. The van der Waals surface area contributed by atoms with Gasteiger partial charge in [-0.1, -0.05) is 140 Å². The van der Waals surface area contributed by atoms with Gasteiger partial charge in [0, 0.05) is 52.8 Å². The maximum atomic E-state index is 6.86. The molecule has 57 heavy (non-hydrogen) atoms. The van der Waals surface area contributed by atoms with Crippen LogP contribution in [0.2, 0.25) is 0 Å². The second-order valence-corrected chi connectivity index (χ2v) is 16.1. The molecular formula is C51H36N4OS. The molecule has 0 bridgehead atoms.